The SMILES string of the molecule is CC/C=C\C/C=C\C/C=C\C/C=C\C/C=C\C/C=C\C/C=C\C/C=C\C/C=C\CCCC(=O)OCC(COC(=O)CCCCCCCCCC)OC(=O)CCCCCCC/C=C\CCCCCCCC. The van der Waals surface area contributed by atoms with Gasteiger partial charge in [0.15, 0.2) is 6.10 Å². The van der Waals surface area contributed by atoms with Crippen molar-refractivity contribution in [1.29, 1.82) is 0 Å². The van der Waals surface area contributed by atoms with Gasteiger partial charge >= 0.3 is 17.9 Å². The molecular formula is C64H104O6. The Labute approximate surface area is 431 Å². The molecule has 1 unspecified atom stereocenters. The molecule has 0 aliphatic rings. The van der Waals surface area contributed by atoms with Gasteiger partial charge in [0.1, 0.15) is 13.2 Å². The molecule has 0 spiro atoms. The predicted molar refractivity (Wildman–Crippen MR) is 302 cm³/mol. The summed E-state index contributed by atoms with van der Waals surface area (Å²) in [5.74, 6) is -0.979. The normalized spacial score (nSPS) is 13.0. The van der Waals surface area contributed by atoms with Gasteiger partial charge in [-0.1, -0.05) is 239 Å². The smallest absolute Gasteiger partial charge is 0.306 e. The maximum atomic E-state index is 12.8. The highest BCUT2D eigenvalue weighted by Crippen LogP contribution is 2.13. The highest BCUT2D eigenvalue weighted by Gasteiger charge is 2.19. The molecule has 396 valence electrons. The van der Waals surface area contributed by atoms with Crippen molar-refractivity contribution in [3.05, 3.63) is 122 Å². The van der Waals surface area contributed by atoms with Crippen LogP contribution in [0.25, 0.3) is 0 Å². The van der Waals surface area contributed by atoms with Crippen molar-refractivity contribution in [2.75, 3.05) is 13.2 Å². The second-order valence-electron chi connectivity index (χ2n) is 18.5. The summed E-state index contributed by atoms with van der Waals surface area (Å²) in [4.78, 5) is 37.9. The molecule has 1 atom stereocenters. The van der Waals surface area contributed by atoms with Crippen LogP contribution < -0.4 is 0 Å². The molecule has 0 aromatic rings. The monoisotopic (exact) mass is 969 g/mol. The van der Waals surface area contributed by atoms with Crippen LogP contribution in [0.4, 0.5) is 0 Å². The van der Waals surface area contributed by atoms with E-state index < -0.39 is 6.10 Å². The average molecular weight is 970 g/mol. The highest BCUT2D eigenvalue weighted by molar-refractivity contribution is 5.71. The second-order valence-corrected chi connectivity index (χ2v) is 18.5. The third kappa shape index (κ3) is 54.7. The van der Waals surface area contributed by atoms with Crippen LogP contribution in [-0.4, -0.2) is 37.2 Å². The molecule has 0 aliphatic carbocycles. The predicted octanol–water partition coefficient (Wildman–Crippen LogP) is 19.3. The first kappa shape index (κ1) is 65.8. The molecule has 0 N–H and O–H groups in total. The lowest BCUT2D eigenvalue weighted by Gasteiger charge is -2.18. The minimum Gasteiger partial charge on any atom is -0.462 e. The van der Waals surface area contributed by atoms with E-state index in [1.54, 1.807) is 0 Å². The standard InChI is InChI=1S/C64H104O6/c1-4-7-10-13-16-19-21-23-25-26-27-28-29-30-31-32-33-34-35-36-37-38-40-41-43-45-48-51-54-57-63(66)69-60-61(59-68-62(65)56-53-50-47-18-15-12-9-6-3)70-64(67)58-55-52-49-46-44-42-39-24-22-20-17-14-11-8-5-2/h7,10,16,19,23-25,27-28,30-31,33-34,36-37,39-41,45,48,61H,4-6,8-9,11-15,17-18,20-22,26,29,32,35,38,42-44,46-47,49-60H2,1-3H3/b10-7-,19-16-,25-23-,28-27-,31-30-,34-33-,37-36-,39-24-,41-40-,48-45-. The quantitative estimate of drug-likeness (QED) is 0.0262. The Kier molecular flexibility index (Phi) is 54.0. The van der Waals surface area contributed by atoms with E-state index in [0.29, 0.717) is 19.3 Å². The van der Waals surface area contributed by atoms with E-state index in [1.165, 1.54) is 83.5 Å². The van der Waals surface area contributed by atoms with E-state index in [0.717, 1.165) is 116 Å². The third-order valence-corrected chi connectivity index (χ3v) is 11.7. The molecule has 0 aromatic heterocycles. The average Bonchev–Trinajstić information content (AvgIpc) is 3.36. The van der Waals surface area contributed by atoms with Crippen LogP contribution in [-0.2, 0) is 28.6 Å². The van der Waals surface area contributed by atoms with Gasteiger partial charge in [-0.15, -0.1) is 0 Å². The molecule has 0 amide bonds. The Morgan fingerprint density at radius 2 is 0.571 bits per heavy atom. The topological polar surface area (TPSA) is 78.9 Å². The zero-order valence-electron chi connectivity index (χ0n) is 45.2. The first-order valence-corrected chi connectivity index (χ1v) is 28.5. The molecule has 0 rings (SSSR count). The highest BCUT2D eigenvalue weighted by atomic mass is 16.6. The Bertz CT molecular complexity index is 1490. The van der Waals surface area contributed by atoms with Crippen LogP contribution >= 0.6 is 0 Å². The van der Waals surface area contributed by atoms with E-state index in [9.17, 15) is 14.4 Å². The summed E-state index contributed by atoms with van der Waals surface area (Å²) in [5, 5.41) is 0. The van der Waals surface area contributed by atoms with Gasteiger partial charge in [0.25, 0.3) is 0 Å². The summed E-state index contributed by atoms with van der Waals surface area (Å²) < 4.78 is 16.7. The summed E-state index contributed by atoms with van der Waals surface area (Å²) >= 11 is 0. The number of unbranched alkanes of at least 4 members (excludes halogenated alkanes) is 19. The van der Waals surface area contributed by atoms with Crippen molar-refractivity contribution in [3.63, 3.8) is 0 Å². The zero-order valence-corrected chi connectivity index (χ0v) is 45.2. The molecule has 0 saturated carbocycles. The summed E-state index contributed by atoms with van der Waals surface area (Å²) in [6.45, 7) is 6.42. The lowest BCUT2D eigenvalue weighted by Crippen LogP contribution is -2.30. The molecule has 0 fully saturated rings. The van der Waals surface area contributed by atoms with Crippen molar-refractivity contribution in [2.45, 2.75) is 252 Å². The van der Waals surface area contributed by atoms with Gasteiger partial charge in [0, 0.05) is 19.3 Å². The largest absolute Gasteiger partial charge is 0.462 e. The number of carbonyl (C=O) groups excluding carboxylic acids is 3. The summed E-state index contributed by atoms with van der Waals surface area (Å²) in [6.07, 6.45) is 79.2. The zero-order chi connectivity index (χ0) is 50.7. The number of carbonyl (C=O) groups is 3. The minimum atomic E-state index is -0.805. The number of rotatable bonds is 50. The minimum absolute atomic E-state index is 0.100. The molecule has 0 aliphatic heterocycles. The molecule has 0 aromatic carbocycles. The molecule has 0 heterocycles. The lowest BCUT2D eigenvalue weighted by molar-refractivity contribution is -0.167. The Morgan fingerprint density at radius 3 is 0.943 bits per heavy atom. The van der Waals surface area contributed by atoms with Gasteiger partial charge in [0.05, 0.1) is 0 Å². The fourth-order valence-electron chi connectivity index (χ4n) is 7.44. The number of allylic oxidation sites excluding steroid dienone is 20. The van der Waals surface area contributed by atoms with E-state index in [-0.39, 0.29) is 37.5 Å². The molecular weight excluding hydrogens is 865 g/mol. The van der Waals surface area contributed by atoms with Crippen molar-refractivity contribution >= 4 is 17.9 Å². The van der Waals surface area contributed by atoms with Crippen molar-refractivity contribution in [3.8, 4) is 0 Å². The van der Waals surface area contributed by atoms with E-state index >= 15 is 0 Å². The van der Waals surface area contributed by atoms with Crippen LogP contribution in [0.2, 0.25) is 0 Å². The van der Waals surface area contributed by atoms with E-state index in [1.807, 2.05) is 0 Å². The number of esters is 3. The Morgan fingerprint density at radius 1 is 0.300 bits per heavy atom. The number of hydrogen-bond acceptors (Lipinski definition) is 6. The fourth-order valence-corrected chi connectivity index (χ4v) is 7.44. The van der Waals surface area contributed by atoms with Crippen LogP contribution in [0.1, 0.15) is 245 Å². The maximum Gasteiger partial charge on any atom is 0.306 e. The van der Waals surface area contributed by atoms with Gasteiger partial charge in [-0.2, -0.15) is 0 Å². The van der Waals surface area contributed by atoms with Crippen molar-refractivity contribution in [1.82, 2.24) is 0 Å². The van der Waals surface area contributed by atoms with Crippen LogP contribution in [0, 0.1) is 0 Å². The van der Waals surface area contributed by atoms with Crippen molar-refractivity contribution in [2.24, 2.45) is 0 Å². The second kappa shape index (κ2) is 57.4. The van der Waals surface area contributed by atoms with Gasteiger partial charge in [-0.25, -0.2) is 0 Å². The first-order valence-electron chi connectivity index (χ1n) is 28.5. The Balaban J connectivity index is 4.35. The van der Waals surface area contributed by atoms with Crippen LogP contribution in [0.5, 0.6) is 0 Å². The first-order chi connectivity index (χ1) is 34.5. The summed E-state index contributed by atoms with van der Waals surface area (Å²) in [6, 6.07) is 0. The maximum absolute atomic E-state index is 12.8. The van der Waals surface area contributed by atoms with Gasteiger partial charge in [0.2, 0.25) is 0 Å². The third-order valence-electron chi connectivity index (χ3n) is 11.7. The summed E-state index contributed by atoms with van der Waals surface area (Å²) in [5.41, 5.74) is 0. The molecule has 0 bridgehead atoms. The number of hydrogen-bond donors (Lipinski definition) is 0. The molecule has 0 radical (unpaired) electrons. The van der Waals surface area contributed by atoms with Gasteiger partial charge in [-0.05, 0) is 109 Å². The lowest BCUT2D eigenvalue weighted by atomic mass is 10.1. The van der Waals surface area contributed by atoms with Gasteiger partial charge in [-0.3, -0.25) is 14.4 Å². The molecule has 70 heavy (non-hydrogen) atoms. The molecule has 6 nitrogen and oxygen atoms in total. The summed E-state index contributed by atoms with van der Waals surface area (Å²) in [7, 11) is 0. The molecule has 6 heteroatoms. The van der Waals surface area contributed by atoms with Crippen LogP contribution in [0.3, 0.4) is 0 Å². The van der Waals surface area contributed by atoms with Crippen LogP contribution in [0.15, 0.2) is 122 Å². The Hall–Kier alpha value is -4.19. The molecule has 0 saturated heterocycles. The van der Waals surface area contributed by atoms with Gasteiger partial charge < -0.3 is 14.2 Å². The van der Waals surface area contributed by atoms with E-state index in [2.05, 4.69) is 142 Å². The number of ether oxygens (including phenoxy) is 3. The van der Waals surface area contributed by atoms with E-state index in [4.69, 9.17) is 14.2 Å². The fraction of sp³-hybridized carbons (Fsp3) is 0.641. The van der Waals surface area contributed by atoms with Crippen molar-refractivity contribution < 1.29 is 28.6 Å².